The number of benzene rings is 1. The summed E-state index contributed by atoms with van der Waals surface area (Å²) >= 11 is 5.24. The van der Waals surface area contributed by atoms with E-state index in [0.29, 0.717) is 11.4 Å². The average molecular weight is 263 g/mol. The summed E-state index contributed by atoms with van der Waals surface area (Å²) in [6.07, 6.45) is 0. The van der Waals surface area contributed by atoms with Crippen molar-refractivity contribution in [2.75, 3.05) is 6.61 Å². The van der Waals surface area contributed by atoms with Gasteiger partial charge in [0.1, 0.15) is 5.75 Å². The number of nitrogens with one attached hydrogen (secondary N) is 1. The van der Waals surface area contributed by atoms with E-state index >= 15 is 0 Å². The molecule has 1 aromatic carbocycles. The second-order valence-corrected chi connectivity index (χ2v) is 4.66. The molecule has 0 aliphatic carbocycles. The molecular formula is C13H17N3OS. The number of ether oxygens (including phenoxy) is 1. The predicted molar refractivity (Wildman–Crippen MR) is 74.4 cm³/mol. The van der Waals surface area contributed by atoms with Crippen molar-refractivity contribution in [2.24, 2.45) is 0 Å². The minimum Gasteiger partial charge on any atom is -0.494 e. The van der Waals surface area contributed by atoms with Crippen LogP contribution in [0.15, 0.2) is 24.3 Å². The van der Waals surface area contributed by atoms with E-state index in [-0.39, 0.29) is 6.04 Å². The van der Waals surface area contributed by atoms with E-state index in [9.17, 15) is 0 Å². The molecule has 4 nitrogen and oxygen atoms in total. The molecule has 0 amide bonds. The lowest BCUT2D eigenvalue weighted by molar-refractivity contribution is 0.340. The third-order valence-electron chi connectivity index (χ3n) is 2.64. The molecule has 0 saturated heterocycles. The van der Waals surface area contributed by atoms with E-state index in [0.717, 1.165) is 17.1 Å². The van der Waals surface area contributed by atoms with Crippen LogP contribution < -0.4 is 4.74 Å². The third kappa shape index (κ3) is 2.46. The minimum atomic E-state index is 0.276. The normalized spacial score (nSPS) is 10.9. The lowest BCUT2D eigenvalue weighted by Crippen LogP contribution is -2.03. The van der Waals surface area contributed by atoms with Gasteiger partial charge in [0.2, 0.25) is 0 Å². The van der Waals surface area contributed by atoms with Crippen LogP contribution in [0.25, 0.3) is 11.4 Å². The first-order chi connectivity index (χ1) is 8.63. The van der Waals surface area contributed by atoms with Gasteiger partial charge in [-0.15, -0.1) is 0 Å². The summed E-state index contributed by atoms with van der Waals surface area (Å²) < 4.78 is 8.08. The van der Waals surface area contributed by atoms with Crippen LogP contribution in [0, 0.1) is 4.77 Å². The highest BCUT2D eigenvalue weighted by Gasteiger charge is 2.11. The van der Waals surface area contributed by atoms with Crippen LogP contribution >= 0.6 is 12.2 Å². The van der Waals surface area contributed by atoms with Gasteiger partial charge in [0.25, 0.3) is 0 Å². The number of hydrogen-bond acceptors (Lipinski definition) is 3. The van der Waals surface area contributed by atoms with Crippen molar-refractivity contribution in [3.8, 4) is 17.1 Å². The largest absolute Gasteiger partial charge is 0.494 e. The highest BCUT2D eigenvalue weighted by Crippen LogP contribution is 2.23. The van der Waals surface area contributed by atoms with Crippen LogP contribution in [-0.2, 0) is 0 Å². The van der Waals surface area contributed by atoms with Gasteiger partial charge in [-0.05, 0) is 57.3 Å². The van der Waals surface area contributed by atoms with Gasteiger partial charge < -0.3 is 4.74 Å². The number of rotatable bonds is 4. The Balaban J connectivity index is 2.40. The van der Waals surface area contributed by atoms with Gasteiger partial charge in [0, 0.05) is 11.6 Å². The van der Waals surface area contributed by atoms with Gasteiger partial charge in [-0.1, -0.05) is 0 Å². The second kappa shape index (κ2) is 5.35. The maximum atomic E-state index is 5.42. The Labute approximate surface area is 112 Å². The van der Waals surface area contributed by atoms with Crippen molar-refractivity contribution in [2.45, 2.75) is 26.8 Å². The van der Waals surface area contributed by atoms with Crippen LogP contribution in [0.2, 0.25) is 0 Å². The molecule has 0 fully saturated rings. The van der Waals surface area contributed by atoms with E-state index in [1.165, 1.54) is 0 Å². The molecular weight excluding hydrogens is 246 g/mol. The summed E-state index contributed by atoms with van der Waals surface area (Å²) in [4.78, 5) is 0. The predicted octanol–water partition coefficient (Wildman–Crippen LogP) is 3.59. The number of H-pyrrole nitrogens is 1. The molecule has 0 aliphatic heterocycles. The molecule has 0 spiro atoms. The molecule has 5 heteroatoms. The molecule has 0 atom stereocenters. The number of hydrogen-bond donors (Lipinski definition) is 1. The third-order valence-corrected chi connectivity index (χ3v) is 2.93. The monoisotopic (exact) mass is 263 g/mol. The second-order valence-electron chi connectivity index (χ2n) is 4.27. The van der Waals surface area contributed by atoms with Crippen molar-refractivity contribution >= 4 is 12.2 Å². The Bertz CT molecular complexity index is 569. The van der Waals surface area contributed by atoms with E-state index in [4.69, 9.17) is 17.0 Å². The summed E-state index contributed by atoms with van der Waals surface area (Å²) in [5.41, 5.74) is 1.03. The molecule has 0 unspecified atom stereocenters. The zero-order valence-electron chi connectivity index (χ0n) is 10.8. The molecule has 1 aromatic heterocycles. The molecule has 0 saturated carbocycles. The molecule has 2 aromatic rings. The Hall–Kier alpha value is -1.62. The first-order valence-electron chi connectivity index (χ1n) is 6.03. The molecule has 0 bridgehead atoms. The van der Waals surface area contributed by atoms with Crippen LogP contribution in [0.5, 0.6) is 5.75 Å². The maximum Gasteiger partial charge on any atom is 0.195 e. The molecule has 0 aliphatic rings. The molecule has 1 N–H and O–H groups in total. The molecule has 0 radical (unpaired) electrons. The van der Waals surface area contributed by atoms with E-state index in [2.05, 4.69) is 24.0 Å². The fourth-order valence-electron chi connectivity index (χ4n) is 1.85. The van der Waals surface area contributed by atoms with Crippen molar-refractivity contribution in [3.63, 3.8) is 0 Å². The molecule has 1 heterocycles. The van der Waals surface area contributed by atoms with E-state index in [1.807, 2.05) is 35.8 Å². The first-order valence-corrected chi connectivity index (χ1v) is 6.44. The van der Waals surface area contributed by atoms with Crippen LogP contribution in [0.4, 0.5) is 0 Å². The topological polar surface area (TPSA) is 42.8 Å². The molecule has 96 valence electrons. The van der Waals surface area contributed by atoms with E-state index in [1.54, 1.807) is 0 Å². The van der Waals surface area contributed by atoms with Crippen molar-refractivity contribution in [1.29, 1.82) is 0 Å². The van der Waals surface area contributed by atoms with E-state index < -0.39 is 0 Å². The van der Waals surface area contributed by atoms with Gasteiger partial charge in [-0.25, -0.2) is 0 Å². The quantitative estimate of drug-likeness (QED) is 0.857. The summed E-state index contributed by atoms with van der Waals surface area (Å²) in [7, 11) is 0. The Kier molecular flexibility index (Phi) is 3.81. The summed E-state index contributed by atoms with van der Waals surface area (Å²) in [6, 6.07) is 8.16. The standard InChI is InChI=1S/C13H17N3OS/c1-4-17-11-7-5-10(6-8-11)12-14-15-13(18)16(12)9(2)3/h5-9H,4H2,1-3H3,(H,15,18). The summed E-state index contributed by atoms with van der Waals surface area (Å²) in [5.74, 6) is 1.73. The van der Waals surface area contributed by atoms with Gasteiger partial charge in [-0.3, -0.25) is 9.67 Å². The van der Waals surface area contributed by atoms with Gasteiger partial charge in [0.05, 0.1) is 6.61 Å². The SMILES string of the molecule is CCOc1ccc(-c2n[nH]c(=S)n2C(C)C)cc1. The highest BCUT2D eigenvalue weighted by molar-refractivity contribution is 7.71. The number of nitrogens with zero attached hydrogens (tertiary/aromatic N) is 2. The highest BCUT2D eigenvalue weighted by atomic mass is 32.1. The number of aromatic amines is 1. The van der Waals surface area contributed by atoms with Gasteiger partial charge in [0.15, 0.2) is 10.6 Å². The lowest BCUT2D eigenvalue weighted by atomic mass is 10.2. The smallest absolute Gasteiger partial charge is 0.195 e. The zero-order chi connectivity index (χ0) is 13.1. The Morgan fingerprint density at radius 2 is 2.00 bits per heavy atom. The average Bonchev–Trinajstić information content (AvgIpc) is 2.73. The first kappa shape index (κ1) is 12.8. The fourth-order valence-corrected chi connectivity index (χ4v) is 2.20. The van der Waals surface area contributed by atoms with Gasteiger partial charge in [-0.2, -0.15) is 5.10 Å². The Morgan fingerprint density at radius 3 is 2.56 bits per heavy atom. The molecule has 18 heavy (non-hydrogen) atoms. The van der Waals surface area contributed by atoms with Crippen molar-refractivity contribution in [3.05, 3.63) is 29.0 Å². The minimum absolute atomic E-state index is 0.276. The van der Waals surface area contributed by atoms with Crippen LogP contribution in [-0.4, -0.2) is 21.4 Å². The maximum absolute atomic E-state index is 5.42. The van der Waals surface area contributed by atoms with Crippen LogP contribution in [0.1, 0.15) is 26.8 Å². The van der Waals surface area contributed by atoms with Crippen LogP contribution in [0.3, 0.4) is 0 Å². The summed E-state index contributed by atoms with van der Waals surface area (Å²) in [5, 5.41) is 7.13. The fraction of sp³-hybridized carbons (Fsp3) is 0.385. The van der Waals surface area contributed by atoms with Crippen molar-refractivity contribution < 1.29 is 4.74 Å². The number of aromatic nitrogens is 3. The zero-order valence-corrected chi connectivity index (χ0v) is 11.6. The Morgan fingerprint density at radius 1 is 1.33 bits per heavy atom. The summed E-state index contributed by atoms with van der Waals surface area (Å²) in [6.45, 7) is 6.81. The molecule has 2 rings (SSSR count). The van der Waals surface area contributed by atoms with Crippen molar-refractivity contribution in [1.82, 2.24) is 14.8 Å². The van der Waals surface area contributed by atoms with Gasteiger partial charge >= 0.3 is 0 Å². The lowest BCUT2D eigenvalue weighted by Gasteiger charge is -2.10.